The van der Waals surface area contributed by atoms with Gasteiger partial charge in [0.1, 0.15) is 11.8 Å². The number of hydrogen-bond donors (Lipinski definition) is 1. The highest BCUT2D eigenvalue weighted by Crippen LogP contribution is 2.20. The zero-order valence-corrected chi connectivity index (χ0v) is 14.8. The molecule has 0 bridgehead atoms. The van der Waals surface area contributed by atoms with E-state index in [0.29, 0.717) is 0 Å². The van der Waals surface area contributed by atoms with Gasteiger partial charge in [-0.2, -0.15) is 0 Å². The third-order valence-electron chi connectivity index (χ3n) is 4.62. The Bertz CT molecular complexity index is 863. The van der Waals surface area contributed by atoms with Crippen molar-refractivity contribution in [2.75, 3.05) is 39.4 Å². The van der Waals surface area contributed by atoms with Crippen molar-refractivity contribution < 1.29 is 4.74 Å². The van der Waals surface area contributed by atoms with Gasteiger partial charge >= 0.3 is 0 Å². The molecule has 1 fully saturated rings. The first-order valence-electron chi connectivity index (χ1n) is 9.05. The standard InChI is InChI=1S/C20H23N5O/c1-2-16(13-21-6-7-25-8-10-26-11-9-25)12-17(3-1)18-4-5-19-20(24-18)14-22-15-23-19/h1-5,12,14-15,21H,6-11,13H2. The van der Waals surface area contributed by atoms with Crippen molar-refractivity contribution in [3.63, 3.8) is 0 Å². The van der Waals surface area contributed by atoms with Gasteiger partial charge < -0.3 is 10.1 Å². The summed E-state index contributed by atoms with van der Waals surface area (Å²) in [6, 6.07) is 12.5. The Labute approximate surface area is 153 Å². The minimum atomic E-state index is 0.819. The first-order valence-corrected chi connectivity index (χ1v) is 9.05. The predicted molar refractivity (Wildman–Crippen MR) is 102 cm³/mol. The molecule has 3 aromatic rings. The summed E-state index contributed by atoms with van der Waals surface area (Å²) in [7, 11) is 0. The number of ether oxygens (including phenoxy) is 1. The average Bonchev–Trinajstić information content (AvgIpc) is 2.72. The fourth-order valence-electron chi connectivity index (χ4n) is 3.17. The number of nitrogens with one attached hydrogen (secondary N) is 1. The maximum Gasteiger partial charge on any atom is 0.116 e. The van der Waals surface area contributed by atoms with Crippen LogP contribution in [-0.2, 0) is 11.3 Å². The van der Waals surface area contributed by atoms with Gasteiger partial charge in [0.15, 0.2) is 0 Å². The summed E-state index contributed by atoms with van der Waals surface area (Å²) >= 11 is 0. The largest absolute Gasteiger partial charge is 0.379 e. The van der Waals surface area contributed by atoms with E-state index in [9.17, 15) is 0 Å². The van der Waals surface area contributed by atoms with E-state index in [1.54, 1.807) is 12.5 Å². The first kappa shape index (κ1) is 17.0. The Kier molecular flexibility index (Phi) is 5.44. The van der Waals surface area contributed by atoms with E-state index in [-0.39, 0.29) is 0 Å². The first-order chi connectivity index (χ1) is 12.9. The van der Waals surface area contributed by atoms with Crippen LogP contribution in [0, 0.1) is 0 Å². The topological polar surface area (TPSA) is 63.2 Å². The van der Waals surface area contributed by atoms with Gasteiger partial charge in [-0.05, 0) is 23.8 Å². The second-order valence-electron chi connectivity index (χ2n) is 6.45. The van der Waals surface area contributed by atoms with Gasteiger partial charge in [-0.15, -0.1) is 0 Å². The Balaban J connectivity index is 1.37. The summed E-state index contributed by atoms with van der Waals surface area (Å²) in [5.41, 5.74) is 5.00. The van der Waals surface area contributed by atoms with E-state index in [4.69, 9.17) is 4.74 Å². The van der Waals surface area contributed by atoms with E-state index < -0.39 is 0 Å². The van der Waals surface area contributed by atoms with Crippen LogP contribution in [0.25, 0.3) is 22.3 Å². The van der Waals surface area contributed by atoms with Gasteiger partial charge in [0, 0.05) is 38.3 Å². The Hall–Kier alpha value is -2.41. The molecule has 2 aromatic heterocycles. The van der Waals surface area contributed by atoms with Crippen LogP contribution in [0.2, 0.25) is 0 Å². The van der Waals surface area contributed by atoms with Gasteiger partial charge in [-0.1, -0.05) is 18.2 Å². The maximum absolute atomic E-state index is 5.38. The zero-order valence-electron chi connectivity index (χ0n) is 14.8. The van der Waals surface area contributed by atoms with Crippen molar-refractivity contribution in [3.05, 3.63) is 54.5 Å². The van der Waals surface area contributed by atoms with E-state index in [1.165, 1.54) is 5.56 Å². The lowest BCUT2D eigenvalue weighted by atomic mass is 10.1. The molecular formula is C20H23N5O. The normalized spacial score (nSPS) is 15.4. The quantitative estimate of drug-likeness (QED) is 0.688. The van der Waals surface area contributed by atoms with Crippen molar-refractivity contribution in [3.8, 4) is 11.3 Å². The van der Waals surface area contributed by atoms with E-state index in [0.717, 1.165) is 68.2 Å². The van der Waals surface area contributed by atoms with Crippen molar-refractivity contribution in [2.45, 2.75) is 6.54 Å². The van der Waals surface area contributed by atoms with Crippen molar-refractivity contribution in [1.82, 2.24) is 25.2 Å². The van der Waals surface area contributed by atoms with Gasteiger partial charge in [-0.3, -0.25) is 4.90 Å². The van der Waals surface area contributed by atoms with E-state index >= 15 is 0 Å². The van der Waals surface area contributed by atoms with E-state index in [2.05, 4.69) is 49.4 Å². The summed E-state index contributed by atoms with van der Waals surface area (Å²) < 4.78 is 5.38. The third kappa shape index (κ3) is 4.22. The van der Waals surface area contributed by atoms with Crippen LogP contribution in [0.5, 0.6) is 0 Å². The molecule has 1 aliphatic rings. The van der Waals surface area contributed by atoms with Crippen LogP contribution in [-0.4, -0.2) is 59.2 Å². The molecular weight excluding hydrogens is 326 g/mol. The van der Waals surface area contributed by atoms with Crippen LogP contribution in [0.4, 0.5) is 0 Å². The molecule has 6 nitrogen and oxygen atoms in total. The molecule has 0 spiro atoms. The number of hydrogen-bond acceptors (Lipinski definition) is 6. The zero-order chi connectivity index (χ0) is 17.6. The maximum atomic E-state index is 5.38. The third-order valence-corrected chi connectivity index (χ3v) is 4.62. The highest BCUT2D eigenvalue weighted by molar-refractivity contribution is 5.77. The van der Waals surface area contributed by atoms with Gasteiger partial charge in [0.25, 0.3) is 0 Å². The molecule has 0 amide bonds. The van der Waals surface area contributed by atoms with Crippen LogP contribution >= 0.6 is 0 Å². The SMILES string of the molecule is c1cc(CNCCN2CCOCC2)cc(-c2ccc3ncncc3n2)c1. The summed E-state index contributed by atoms with van der Waals surface area (Å²) in [5, 5.41) is 3.53. The number of nitrogens with zero attached hydrogens (tertiary/aromatic N) is 4. The number of fused-ring (bicyclic) bond motifs is 1. The molecule has 0 saturated carbocycles. The molecule has 26 heavy (non-hydrogen) atoms. The fraction of sp³-hybridized carbons (Fsp3) is 0.350. The number of rotatable bonds is 6. The highest BCUT2D eigenvalue weighted by Gasteiger charge is 2.09. The minimum absolute atomic E-state index is 0.819. The molecule has 1 aliphatic heterocycles. The summed E-state index contributed by atoms with van der Waals surface area (Å²) in [6.45, 7) is 6.68. The number of morpholine rings is 1. The highest BCUT2D eigenvalue weighted by atomic mass is 16.5. The van der Waals surface area contributed by atoms with Crippen molar-refractivity contribution in [2.24, 2.45) is 0 Å². The molecule has 1 N–H and O–H groups in total. The van der Waals surface area contributed by atoms with Gasteiger partial charge in [0.05, 0.1) is 30.6 Å². The lowest BCUT2D eigenvalue weighted by Crippen LogP contribution is -2.40. The van der Waals surface area contributed by atoms with Crippen LogP contribution < -0.4 is 5.32 Å². The molecule has 6 heteroatoms. The van der Waals surface area contributed by atoms with E-state index in [1.807, 2.05) is 12.1 Å². The van der Waals surface area contributed by atoms with Crippen LogP contribution in [0.3, 0.4) is 0 Å². The Morgan fingerprint density at radius 2 is 2.00 bits per heavy atom. The summed E-state index contributed by atoms with van der Waals surface area (Å²) in [4.78, 5) is 15.4. The molecule has 134 valence electrons. The molecule has 3 heterocycles. The Morgan fingerprint density at radius 3 is 2.92 bits per heavy atom. The van der Waals surface area contributed by atoms with Crippen LogP contribution in [0.1, 0.15) is 5.56 Å². The summed E-state index contributed by atoms with van der Waals surface area (Å²) in [6.07, 6.45) is 3.30. The molecule has 0 unspecified atom stereocenters. The molecule has 1 saturated heterocycles. The monoisotopic (exact) mass is 349 g/mol. The second-order valence-corrected chi connectivity index (χ2v) is 6.45. The average molecular weight is 349 g/mol. The van der Waals surface area contributed by atoms with Gasteiger partial charge in [-0.25, -0.2) is 15.0 Å². The van der Waals surface area contributed by atoms with Crippen LogP contribution in [0.15, 0.2) is 48.9 Å². The van der Waals surface area contributed by atoms with Gasteiger partial charge in [0.2, 0.25) is 0 Å². The lowest BCUT2D eigenvalue weighted by molar-refractivity contribution is 0.0384. The second kappa shape index (κ2) is 8.31. The molecule has 4 rings (SSSR count). The Morgan fingerprint density at radius 1 is 1.08 bits per heavy atom. The predicted octanol–water partition coefficient (Wildman–Crippen LogP) is 2.11. The molecule has 0 radical (unpaired) electrons. The summed E-state index contributed by atoms with van der Waals surface area (Å²) in [5.74, 6) is 0. The smallest absolute Gasteiger partial charge is 0.116 e. The number of pyridine rings is 1. The number of benzene rings is 1. The minimum Gasteiger partial charge on any atom is -0.379 e. The fourth-order valence-corrected chi connectivity index (χ4v) is 3.17. The molecule has 0 aliphatic carbocycles. The molecule has 0 atom stereocenters. The molecule has 1 aromatic carbocycles. The van der Waals surface area contributed by atoms with Crippen molar-refractivity contribution >= 4 is 11.0 Å². The van der Waals surface area contributed by atoms with Crippen molar-refractivity contribution in [1.29, 1.82) is 0 Å². The number of aromatic nitrogens is 3. The lowest BCUT2D eigenvalue weighted by Gasteiger charge is -2.26.